The Hall–Kier alpha value is -2.49. The summed E-state index contributed by atoms with van der Waals surface area (Å²) in [6, 6.07) is 15.0. The molecule has 0 aliphatic carbocycles. The second kappa shape index (κ2) is 5.25. The van der Waals surface area contributed by atoms with Crippen LogP contribution in [-0.4, -0.2) is 17.1 Å². The van der Waals surface area contributed by atoms with E-state index >= 15 is 0 Å². The largest absolute Gasteiger partial charge is 0.489 e. The minimum absolute atomic E-state index is 0.454. The number of hydrogen-bond donors (Lipinski definition) is 2. The van der Waals surface area contributed by atoms with E-state index in [2.05, 4.69) is 5.32 Å². The van der Waals surface area contributed by atoms with Crippen LogP contribution in [0.1, 0.15) is 11.1 Å². The standard InChI is InChI=1S/C16H15NO3/c18-16(19)14-9-12-13(17-14)7-4-8-15(12)20-10-11-5-2-1-3-6-11/h1-8,14,17H,9-10H2,(H,18,19). The van der Waals surface area contributed by atoms with Gasteiger partial charge in [-0.15, -0.1) is 0 Å². The first-order chi connectivity index (χ1) is 9.74. The molecule has 2 aromatic carbocycles. The van der Waals surface area contributed by atoms with Gasteiger partial charge in [0.1, 0.15) is 18.4 Å². The zero-order chi connectivity index (χ0) is 13.9. The second-order valence-corrected chi connectivity index (χ2v) is 4.80. The fraction of sp³-hybridized carbons (Fsp3) is 0.188. The van der Waals surface area contributed by atoms with Crippen LogP contribution in [0.5, 0.6) is 5.75 Å². The predicted molar refractivity (Wildman–Crippen MR) is 76.0 cm³/mol. The number of ether oxygens (including phenoxy) is 1. The van der Waals surface area contributed by atoms with Crippen molar-refractivity contribution in [3.05, 3.63) is 59.7 Å². The molecule has 0 fully saturated rings. The van der Waals surface area contributed by atoms with Gasteiger partial charge in [0.25, 0.3) is 0 Å². The average molecular weight is 269 g/mol. The number of carboxylic acid groups (broad SMARTS) is 1. The van der Waals surface area contributed by atoms with Crippen LogP contribution in [0.3, 0.4) is 0 Å². The molecule has 2 aromatic rings. The van der Waals surface area contributed by atoms with Crippen molar-refractivity contribution in [3.8, 4) is 5.75 Å². The molecule has 102 valence electrons. The molecule has 0 bridgehead atoms. The van der Waals surface area contributed by atoms with Gasteiger partial charge in [0.2, 0.25) is 0 Å². The Kier molecular flexibility index (Phi) is 3.29. The lowest BCUT2D eigenvalue weighted by Gasteiger charge is -2.10. The summed E-state index contributed by atoms with van der Waals surface area (Å²) in [5.74, 6) is -0.0854. The average Bonchev–Trinajstić information content (AvgIpc) is 2.91. The van der Waals surface area contributed by atoms with E-state index in [9.17, 15) is 4.79 Å². The van der Waals surface area contributed by atoms with Crippen LogP contribution in [-0.2, 0) is 17.8 Å². The number of benzene rings is 2. The highest BCUT2D eigenvalue weighted by Crippen LogP contribution is 2.34. The first kappa shape index (κ1) is 12.5. The molecule has 0 aromatic heterocycles. The Balaban J connectivity index is 1.76. The summed E-state index contributed by atoms with van der Waals surface area (Å²) in [6.45, 7) is 0.481. The van der Waals surface area contributed by atoms with Crippen LogP contribution in [0.25, 0.3) is 0 Å². The van der Waals surface area contributed by atoms with Gasteiger partial charge in [-0.2, -0.15) is 0 Å². The van der Waals surface area contributed by atoms with Gasteiger partial charge in [0.05, 0.1) is 0 Å². The van der Waals surface area contributed by atoms with Gasteiger partial charge >= 0.3 is 5.97 Å². The Bertz CT molecular complexity index is 625. The van der Waals surface area contributed by atoms with Crippen LogP contribution in [0.2, 0.25) is 0 Å². The van der Waals surface area contributed by atoms with Crippen LogP contribution in [0.4, 0.5) is 5.69 Å². The molecule has 1 heterocycles. The Morgan fingerprint density at radius 3 is 2.75 bits per heavy atom. The summed E-state index contributed by atoms with van der Waals surface area (Å²) in [4.78, 5) is 11.1. The molecule has 0 amide bonds. The zero-order valence-electron chi connectivity index (χ0n) is 10.9. The molecule has 2 N–H and O–H groups in total. The highest BCUT2D eigenvalue weighted by atomic mass is 16.5. The fourth-order valence-corrected chi connectivity index (χ4v) is 2.37. The third-order valence-electron chi connectivity index (χ3n) is 3.41. The topological polar surface area (TPSA) is 58.6 Å². The molecule has 0 saturated carbocycles. The molecule has 4 nitrogen and oxygen atoms in total. The van der Waals surface area contributed by atoms with Gasteiger partial charge in [0, 0.05) is 17.7 Å². The molecule has 0 spiro atoms. The summed E-state index contributed by atoms with van der Waals surface area (Å²) >= 11 is 0. The number of hydrogen-bond acceptors (Lipinski definition) is 3. The number of anilines is 1. The molecule has 0 radical (unpaired) electrons. The van der Waals surface area contributed by atoms with Crippen molar-refractivity contribution in [2.24, 2.45) is 0 Å². The van der Waals surface area contributed by atoms with Crippen molar-refractivity contribution in [2.75, 3.05) is 5.32 Å². The van der Waals surface area contributed by atoms with Crippen molar-refractivity contribution in [1.29, 1.82) is 0 Å². The number of fused-ring (bicyclic) bond motifs is 1. The number of aliphatic carboxylic acids is 1. The molecule has 1 atom stereocenters. The van der Waals surface area contributed by atoms with E-state index in [0.29, 0.717) is 13.0 Å². The smallest absolute Gasteiger partial charge is 0.326 e. The first-order valence-electron chi connectivity index (χ1n) is 6.52. The third kappa shape index (κ3) is 2.45. The summed E-state index contributed by atoms with van der Waals surface area (Å²) in [7, 11) is 0. The van der Waals surface area contributed by atoms with Crippen molar-refractivity contribution < 1.29 is 14.6 Å². The predicted octanol–water partition coefficient (Wildman–Crippen LogP) is 2.69. The van der Waals surface area contributed by atoms with Gasteiger partial charge in [-0.1, -0.05) is 36.4 Å². The van der Waals surface area contributed by atoms with E-state index in [-0.39, 0.29) is 0 Å². The molecule has 3 rings (SSSR count). The monoisotopic (exact) mass is 269 g/mol. The first-order valence-corrected chi connectivity index (χ1v) is 6.52. The van der Waals surface area contributed by atoms with E-state index in [0.717, 1.165) is 22.6 Å². The van der Waals surface area contributed by atoms with Gasteiger partial charge in [-0.05, 0) is 17.7 Å². The van der Waals surface area contributed by atoms with Crippen molar-refractivity contribution in [1.82, 2.24) is 0 Å². The summed E-state index contributed by atoms with van der Waals surface area (Å²) in [6.07, 6.45) is 0.454. The van der Waals surface area contributed by atoms with Crippen LogP contribution in [0, 0.1) is 0 Å². The number of carbonyl (C=O) groups is 1. The highest BCUT2D eigenvalue weighted by molar-refractivity contribution is 5.82. The molecule has 20 heavy (non-hydrogen) atoms. The maximum Gasteiger partial charge on any atom is 0.326 e. The number of carboxylic acids is 1. The molecule has 4 heteroatoms. The minimum atomic E-state index is -0.838. The maximum atomic E-state index is 11.1. The van der Waals surface area contributed by atoms with Gasteiger partial charge < -0.3 is 15.2 Å². The second-order valence-electron chi connectivity index (χ2n) is 4.80. The van der Waals surface area contributed by atoms with E-state index in [4.69, 9.17) is 9.84 Å². The lowest BCUT2D eigenvalue weighted by Crippen LogP contribution is -2.26. The Morgan fingerprint density at radius 1 is 1.20 bits per heavy atom. The van der Waals surface area contributed by atoms with Crippen LogP contribution < -0.4 is 10.1 Å². The van der Waals surface area contributed by atoms with Crippen molar-refractivity contribution >= 4 is 11.7 Å². The Morgan fingerprint density at radius 2 is 2.00 bits per heavy atom. The van der Waals surface area contributed by atoms with E-state index in [1.807, 2.05) is 48.5 Å². The summed E-state index contributed by atoms with van der Waals surface area (Å²) in [5.41, 5.74) is 2.88. The molecule has 1 aliphatic rings. The van der Waals surface area contributed by atoms with E-state index in [1.54, 1.807) is 0 Å². The lowest BCUT2D eigenvalue weighted by molar-refractivity contribution is -0.137. The Labute approximate surface area is 117 Å². The molecular formula is C16H15NO3. The lowest BCUT2D eigenvalue weighted by atomic mass is 10.1. The van der Waals surface area contributed by atoms with Crippen LogP contribution >= 0.6 is 0 Å². The molecule has 0 saturated heterocycles. The van der Waals surface area contributed by atoms with E-state index in [1.165, 1.54) is 0 Å². The van der Waals surface area contributed by atoms with Crippen molar-refractivity contribution in [2.45, 2.75) is 19.1 Å². The SMILES string of the molecule is O=C(O)C1Cc2c(cccc2OCc2ccccc2)N1. The molecule has 1 unspecified atom stereocenters. The number of rotatable bonds is 4. The normalized spacial score (nSPS) is 16.3. The summed E-state index contributed by atoms with van der Waals surface area (Å²) in [5, 5.41) is 12.1. The third-order valence-corrected chi connectivity index (χ3v) is 3.41. The minimum Gasteiger partial charge on any atom is -0.489 e. The van der Waals surface area contributed by atoms with Gasteiger partial charge in [-0.3, -0.25) is 0 Å². The maximum absolute atomic E-state index is 11.1. The quantitative estimate of drug-likeness (QED) is 0.896. The molecule has 1 aliphatic heterocycles. The van der Waals surface area contributed by atoms with E-state index < -0.39 is 12.0 Å². The fourth-order valence-electron chi connectivity index (χ4n) is 2.37. The highest BCUT2D eigenvalue weighted by Gasteiger charge is 2.28. The van der Waals surface area contributed by atoms with Gasteiger partial charge in [0.15, 0.2) is 0 Å². The van der Waals surface area contributed by atoms with Crippen LogP contribution in [0.15, 0.2) is 48.5 Å². The molecular weight excluding hydrogens is 254 g/mol. The van der Waals surface area contributed by atoms with Crippen molar-refractivity contribution in [3.63, 3.8) is 0 Å². The zero-order valence-corrected chi connectivity index (χ0v) is 10.9. The summed E-state index contributed by atoms with van der Waals surface area (Å²) < 4.78 is 5.83. The van der Waals surface area contributed by atoms with Gasteiger partial charge in [-0.25, -0.2) is 4.79 Å². The number of nitrogens with one attached hydrogen (secondary N) is 1.